The first kappa shape index (κ1) is 17.0. The Bertz CT molecular complexity index is 383. The molecule has 0 atom stereocenters. The molecule has 0 fully saturated rings. The first-order chi connectivity index (χ1) is 9.74. The van der Waals surface area contributed by atoms with Gasteiger partial charge < -0.3 is 15.2 Å². The minimum Gasteiger partial charge on any atom is -0.496 e. The molecule has 0 aliphatic carbocycles. The summed E-state index contributed by atoms with van der Waals surface area (Å²) >= 11 is 0. The third kappa shape index (κ3) is 5.49. The fourth-order valence-electron chi connectivity index (χ4n) is 2.18. The predicted octanol–water partition coefficient (Wildman–Crippen LogP) is 2.01. The van der Waals surface area contributed by atoms with E-state index >= 15 is 0 Å². The van der Waals surface area contributed by atoms with Gasteiger partial charge in [-0.15, -0.1) is 0 Å². The van der Waals surface area contributed by atoms with Crippen LogP contribution in [0.5, 0.6) is 5.75 Å². The highest BCUT2D eigenvalue weighted by molar-refractivity contribution is 5.37. The zero-order chi connectivity index (χ0) is 14.8. The minimum absolute atomic E-state index is 0.198. The summed E-state index contributed by atoms with van der Waals surface area (Å²) in [6.07, 6.45) is 1.13. The average molecular weight is 280 g/mol. The summed E-state index contributed by atoms with van der Waals surface area (Å²) in [6.45, 7) is 8.81. The van der Waals surface area contributed by atoms with Crippen molar-refractivity contribution in [1.29, 1.82) is 0 Å². The summed E-state index contributed by atoms with van der Waals surface area (Å²) in [5, 5.41) is 12.4. The van der Waals surface area contributed by atoms with Crippen molar-refractivity contribution in [3.05, 3.63) is 29.3 Å². The molecule has 0 aliphatic rings. The van der Waals surface area contributed by atoms with Gasteiger partial charge in [0.15, 0.2) is 0 Å². The number of hydrogen-bond donors (Lipinski definition) is 2. The minimum atomic E-state index is 0.198. The molecule has 0 saturated heterocycles. The van der Waals surface area contributed by atoms with Crippen molar-refractivity contribution in [1.82, 2.24) is 10.2 Å². The SMILES string of the molecule is CCCNCc1ccc(CN(CC)CCO)cc1OC. The van der Waals surface area contributed by atoms with Crippen molar-refractivity contribution < 1.29 is 9.84 Å². The van der Waals surface area contributed by atoms with Gasteiger partial charge in [-0.3, -0.25) is 4.90 Å². The highest BCUT2D eigenvalue weighted by Gasteiger charge is 2.07. The Kier molecular flexibility index (Phi) is 8.26. The number of aliphatic hydroxyl groups is 1. The van der Waals surface area contributed by atoms with Gasteiger partial charge in [-0.05, 0) is 31.1 Å². The van der Waals surface area contributed by atoms with Crippen LogP contribution in [0.4, 0.5) is 0 Å². The summed E-state index contributed by atoms with van der Waals surface area (Å²) in [4.78, 5) is 2.21. The molecule has 114 valence electrons. The van der Waals surface area contributed by atoms with Gasteiger partial charge in [0.25, 0.3) is 0 Å². The van der Waals surface area contributed by atoms with Crippen LogP contribution in [0, 0.1) is 0 Å². The zero-order valence-corrected chi connectivity index (χ0v) is 13.0. The number of aliphatic hydroxyl groups excluding tert-OH is 1. The Morgan fingerprint density at radius 3 is 2.70 bits per heavy atom. The van der Waals surface area contributed by atoms with E-state index in [2.05, 4.69) is 42.3 Å². The normalized spacial score (nSPS) is 11.1. The molecule has 0 heterocycles. The third-order valence-corrected chi connectivity index (χ3v) is 3.36. The van der Waals surface area contributed by atoms with Crippen molar-refractivity contribution >= 4 is 0 Å². The van der Waals surface area contributed by atoms with Crippen LogP contribution in [-0.4, -0.2) is 43.4 Å². The van der Waals surface area contributed by atoms with Gasteiger partial charge in [0, 0.05) is 25.2 Å². The Labute approximate surface area is 122 Å². The second kappa shape index (κ2) is 9.75. The topological polar surface area (TPSA) is 44.7 Å². The van der Waals surface area contributed by atoms with Gasteiger partial charge in [-0.25, -0.2) is 0 Å². The lowest BCUT2D eigenvalue weighted by molar-refractivity contribution is 0.196. The van der Waals surface area contributed by atoms with E-state index in [-0.39, 0.29) is 6.61 Å². The van der Waals surface area contributed by atoms with Crippen LogP contribution in [0.2, 0.25) is 0 Å². The van der Waals surface area contributed by atoms with E-state index in [0.717, 1.165) is 38.3 Å². The molecule has 4 heteroatoms. The maximum atomic E-state index is 9.04. The Morgan fingerprint density at radius 1 is 1.30 bits per heavy atom. The molecular formula is C16H28N2O2. The van der Waals surface area contributed by atoms with E-state index in [1.165, 1.54) is 11.1 Å². The third-order valence-electron chi connectivity index (χ3n) is 3.36. The quantitative estimate of drug-likeness (QED) is 0.644. The highest BCUT2D eigenvalue weighted by atomic mass is 16.5. The van der Waals surface area contributed by atoms with E-state index in [1.807, 2.05) is 0 Å². The van der Waals surface area contributed by atoms with Gasteiger partial charge in [-0.1, -0.05) is 26.0 Å². The summed E-state index contributed by atoms with van der Waals surface area (Å²) in [5.41, 5.74) is 2.41. The number of nitrogens with zero attached hydrogens (tertiary/aromatic N) is 1. The number of nitrogens with one attached hydrogen (secondary N) is 1. The first-order valence-corrected chi connectivity index (χ1v) is 7.44. The molecule has 0 amide bonds. The maximum absolute atomic E-state index is 9.04. The largest absolute Gasteiger partial charge is 0.496 e. The van der Waals surface area contributed by atoms with Crippen molar-refractivity contribution in [2.45, 2.75) is 33.4 Å². The van der Waals surface area contributed by atoms with Crippen LogP contribution in [0.3, 0.4) is 0 Å². The first-order valence-electron chi connectivity index (χ1n) is 7.44. The number of benzene rings is 1. The van der Waals surface area contributed by atoms with Crippen molar-refractivity contribution in [3.8, 4) is 5.75 Å². The molecule has 0 aliphatic heterocycles. The molecule has 0 saturated carbocycles. The predicted molar refractivity (Wildman–Crippen MR) is 83.0 cm³/mol. The van der Waals surface area contributed by atoms with E-state index < -0.39 is 0 Å². The molecule has 4 nitrogen and oxygen atoms in total. The molecule has 2 N–H and O–H groups in total. The highest BCUT2D eigenvalue weighted by Crippen LogP contribution is 2.21. The van der Waals surface area contributed by atoms with Crippen LogP contribution in [0.15, 0.2) is 18.2 Å². The molecule has 1 aromatic rings. The molecule has 1 rings (SSSR count). The van der Waals surface area contributed by atoms with Gasteiger partial charge in [-0.2, -0.15) is 0 Å². The summed E-state index contributed by atoms with van der Waals surface area (Å²) < 4.78 is 5.48. The molecule has 0 spiro atoms. The number of rotatable bonds is 10. The fraction of sp³-hybridized carbons (Fsp3) is 0.625. The van der Waals surface area contributed by atoms with Crippen molar-refractivity contribution in [2.24, 2.45) is 0 Å². The number of methoxy groups -OCH3 is 1. The lowest BCUT2D eigenvalue weighted by Gasteiger charge is -2.20. The Balaban J connectivity index is 2.70. The van der Waals surface area contributed by atoms with Gasteiger partial charge in [0.2, 0.25) is 0 Å². The molecule has 0 aromatic heterocycles. The van der Waals surface area contributed by atoms with Crippen molar-refractivity contribution in [2.75, 3.05) is 33.4 Å². The van der Waals surface area contributed by atoms with Crippen LogP contribution >= 0.6 is 0 Å². The maximum Gasteiger partial charge on any atom is 0.123 e. The number of hydrogen-bond acceptors (Lipinski definition) is 4. The van der Waals surface area contributed by atoms with Crippen LogP contribution in [-0.2, 0) is 13.1 Å². The van der Waals surface area contributed by atoms with Crippen molar-refractivity contribution in [3.63, 3.8) is 0 Å². The average Bonchev–Trinajstić information content (AvgIpc) is 2.48. The monoisotopic (exact) mass is 280 g/mol. The lowest BCUT2D eigenvalue weighted by Crippen LogP contribution is -2.26. The van der Waals surface area contributed by atoms with E-state index in [0.29, 0.717) is 6.54 Å². The van der Waals surface area contributed by atoms with E-state index in [9.17, 15) is 0 Å². The number of likely N-dealkylation sites (N-methyl/N-ethyl adjacent to an activating group) is 1. The molecule has 0 radical (unpaired) electrons. The smallest absolute Gasteiger partial charge is 0.123 e. The van der Waals surface area contributed by atoms with Crippen LogP contribution in [0.25, 0.3) is 0 Å². The molecule has 0 unspecified atom stereocenters. The zero-order valence-electron chi connectivity index (χ0n) is 13.0. The van der Waals surface area contributed by atoms with Gasteiger partial charge in [0.1, 0.15) is 5.75 Å². The van der Waals surface area contributed by atoms with Gasteiger partial charge >= 0.3 is 0 Å². The Morgan fingerprint density at radius 2 is 2.10 bits per heavy atom. The van der Waals surface area contributed by atoms with Gasteiger partial charge in [0.05, 0.1) is 13.7 Å². The Hall–Kier alpha value is -1.10. The van der Waals surface area contributed by atoms with E-state index in [4.69, 9.17) is 9.84 Å². The molecular weight excluding hydrogens is 252 g/mol. The second-order valence-corrected chi connectivity index (χ2v) is 4.92. The lowest BCUT2D eigenvalue weighted by atomic mass is 10.1. The van der Waals surface area contributed by atoms with E-state index in [1.54, 1.807) is 7.11 Å². The summed E-state index contributed by atoms with van der Waals surface area (Å²) in [5.74, 6) is 0.936. The standard InChI is InChI=1S/C16H28N2O2/c1-4-8-17-12-15-7-6-14(11-16(15)20-3)13-18(5-2)9-10-19/h6-7,11,17,19H,4-5,8-10,12-13H2,1-3H3. The molecule has 1 aromatic carbocycles. The number of ether oxygens (including phenoxy) is 1. The second-order valence-electron chi connectivity index (χ2n) is 4.92. The fourth-order valence-corrected chi connectivity index (χ4v) is 2.18. The van der Waals surface area contributed by atoms with Crippen LogP contribution in [0.1, 0.15) is 31.4 Å². The molecule has 20 heavy (non-hydrogen) atoms. The summed E-state index contributed by atoms with van der Waals surface area (Å²) in [7, 11) is 1.72. The molecule has 0 bridgehead atoms. The van der Waals surface area contributed by atoms with Crippen LogP contribution < -0.4 is 10.1 Å². The summed E-state index contributed by atoms with van der Waals surface area (Å²) in [6, 6.07) is 6.37.